The van der Waals surface area contributed by atoms with Crippen molar-refractivity contribution in [2.45, 2.75) is 38.4 Å². The summed E-state index contributed by atoms with van der Waals surface area (Å²) in [5.74, 6) is 0.197. The first kappa shape index (κ1) is 17.7. The molecule has 2 unspecified atom stereocenters. The number of hydrogen-bond acceptors (Lipinski definition) is 3. The highest BCUT2D eigenvalue weighted by molar-refractivity contribution is 7.87. The molecule has 0 bridgehead atoms. The summed E-state index contributed by atoms with van der Waals surface area (Å²) in [6.45, 7) is 2.62. The number of hydrogen-bond donors (Lipinski definition) is 2. The number of nitrogens with zero attached hydrogens (tertiary/aromatic N) is 1. The Morgan fingerprint density at radius 2 is 2.05 bits per heavy atom. The molecule has 1 fully saturated rings. The molecule has 0 aliphatic carbocycles. The van der Waals surface area contributed by atoms with Gasteiger partial charge in [0.1, 0.15) is 0 Å². The molecule has 1 aliphatic heterocycles. The molecule has 1 saturated heterocycles. The first-order valence-electron chi connectivity index (χ1n) is 6.63. The fourth-order valence-corrected chi connectivity index (χ4v) is 3.94. The molecular weight excluding hydrogens is 295 g/mol. The molecule has 1 aliphatic rings. The van der Waals surface area contributed by atoms with Gasteiger partial charge < -0.3 is 5.32 Å². The predicted molar refractivity (Wildman–Crippen MR) is 70.4 cm³/mol. The lowest BCUT2D eigenvalue weighted by molar-refractivity contribution is -0.138. The third-order valence-corrected chi connectivity index (χ3v) is 4.91. The molecule has 0 amide bonds. The summed E-state index contributed by atoms with van der Waals surface area (Å²) in [4.78, 5) is 0. The van der Waals surface area contributed by atoms with Gasteiger partial charge in [-0.1, -0.05) is 0 Å². The van der Waals surface area contributed by atoms with E-state index in [1.807, 2.05) is 0 Å². The van der Waals surface area contributed by atoms with Gasteiger partial charge in [0, 0.05) is 19.1 Å². The SMILES string of the molecule is CNCC1CCCN(S(=O)(=O)NC(C)CC(F)(F)F)C1. The van der Waals surface area contributed by atoms with Crippen LogP contribution in [0.4, 0.5) is 13.2 Å². The average molecular weight is 317 g/mol. The van der Waals surface area contributed by atoms with Gasteiger partial charge in [0.2, 0.25) is 0 Å². The Kier molecular flexibility index (Phi) is 6.24. The zero-order valence-electron chi connectivity index (χ0n) is 11.7. The van der Waals surface area contributed by atoms with E-state index in [9.17, 15) is 21.6 Å². The second-order valence-corrected chi connectivity index (χ2v) is 6.97. The van der Waals surface area contributed by atoms with Crippen LogP contribution < -0.4 is 10.0 Å². The molecule has 0 aromatic rings. The van der Waals surface area contributed by atoms with E-state index >= 15 is 0 Å². The lowest BCUT2D eigenvalue weighted by atomic mass is 10.00. The van der Waals surface area contributed by atoms with Gasteiger partial charge in [-0.2, -0.15) is 30.6 Å². The Hall–Kier alpha value is -0.380. The maximum Gasteiger partial charge on any atom is 0.390 e. The molecule has 1 heterocycles. The lowest BCUT2D eigenvalue weighted by Gasteiger charge is -2.32. The van der Waals surface area contributed by atoms with Crippen molar-refractivity contribution in [1.29, 1.82) is 0 Å². The summed E-state index contributed by atoms with van der Waals surface area (Å²) >= 11 is 0. The van der Waals surface area contributed by atoms with Crippen molar-refractivity contribution in [2.75, 3.05) is 26.7 Å². The maximum absolute atomic E-state index is 12.2. The second-order valence-electron chi connectivity index (χ2n) is 5.27. The molecule has 1 rings (SSSR count). The Bertz CT molecular complexity index is 398. The Labute approximate surface area is 118 Å². The summed E-state index contributed by atoms with van der Waals surface area (Å²) in [6.07, 6.45) is -3.90. The molecule has 20 heavy (non-hydrogen) atoms. The summed E-state index contributed by atoms with van der Waals surface area (Å²) in [5, 5.41) is 2.99. The van der Waals surface area contributed by atoms with E-state index < -0.39 is 28.8 Å². The number of rotatable bonds is 6. The molecule has 0 saturated carbocycles. The number of nitrogens with one attached hydrogen (secondary N) is 2. The fraction of sp³-hybridized carbons (Fsp3) is 1.00. The fourth-order valence-electron chi connectivity index (χ4n) is 2.42. The lowest BCUT2D eigenvalue weighted by Crippen LogP contribution is -2.50. The van der Waals surface area contributed by atoms with Crippen LogP contribution in [-0.4, -0.2) is 51.6 Å². The summed E-state index contributed by atoms with van der Waals surface area (Å²) in [6, 6.07) is -1.16. The van der Waals surface area contributed by atoms with Crippen LogP contribution in [-0.2, 0) is 10.2 Å². The molecule has 5 nitrogen and oxygen atoms in total. The predicted octanol–water partition coefficient (Wildman–Crippen LogP) is 1.09. The van der Waals surface area contributed by atoms with Crippen LogP contribution in [0, 0.1) is 5.92 Å². The van der Waals surface area contributed by atoms with Crippen LogP contribution in [0.5, 0.6) is 0 Å². The summed E-state index contributed by atoms with van der Waals surface area (Å²) in [7, 11) is -2.06. The topological polar surface area (TPSA) is 61.4 Å². The van der Waals surface area contributed by atoms with Crippen molar-refractivity contribution in [1.82, 2.24) is 14.3 Å². The first-order chi connectivity index (χ1) is 9.14. The molecule has 0 spiro atoms. The van der Waals surface area contributed by atoms with E-state index in [-0.39, 0.29) is 5.92 Å². The highest BCUT2D eigenvalue weighted by Crippen LogP contribution is 2.23. The molecule has 120 valence electrons. The molecule has 2 N–H and O–H groups in total. The van der Waals surface area contributed by atoms with Gasteiger partial charge in [-0.15, -0.1) is 0 Å². The zero-order valence-corrected chi connectivity index (χ0v) is 12.5. The van der Waals surface area contributed by atoms with E-state index in [2.05, 4.69) is 10.0 Å². The number of piperidine rings is 1. The minimum absolute atomic E-state index is 0.197. The standard InChI is InChI=1S/C11H22F3N3O2S/c1-9(6-11(12,13)14)16-20(18,19)17-5-3-4-10(8-17)7-15-2/h9-10,15-16H,3-8H2,1-2H3. The van der Waals surface area contributed by atoms with E-state index in [1.54, 1.807) is 7.05 Å². The van der Waals surface area contributed by atoms with Crippen molar-refractivity contribution in [3.8, 4) is 0 Å². The average Bonchev–Trinajstić information content (AvgIpc) is 2.26. The van der Waals surface area contributed by atoms with Crippen LogP contribution in [0.15, 0.2) is 0 Å². The van der Waals surface area contributed by atoms with Crippen LogP contribution in [0.2, 0.25) is 0 Å². The van der Waals surface area contributed by atoms with Gasteiger partial charge in [0.25, 0.3) is 10.2 Å². The Morgan fingerprint density at radius 1 is 1.40 bits per heavy atom. The van der Waals surface area contributed by atoms with Crippen molar-refractivity contribution in [3.63, 3.8) is 0 Å². The summed E-state index contributed by atoms with van der Waals surface area (Å²) < 4.78 is 64.1. The zero-order chi connectivity index (χ0) is 15.4. The molecule has 0 radical (unpaired) electrons. The molecule has 0 aromatic heterocycles. The van der Waals surface area contributed by atoms with Gasteiger partial charge in [-0.25, -0.2) is 0 Å². The molecule has 9 heteroatoms. The smallest absolute Gasteiger partial charge is 0.319 e. The van der Waals surface area contributed by atoms with Gasteiger partial charge in [-0.05, 0) is 39.3 Å². The van der Waals surface area contributed by atoms with Gasteiger partial charge >= 0.3 is 6.18 Å². The second kappa shape index (κ2) is 7.06. The van der Waals surface area contributed by atoms with Gasteiger partial charge in [0.05, 0.1) is 6.42 Å². The monoisotopic (exact) mass is 317 g/mol. The third-order valence-electron chi connectivity index (χ3n) is 3.20. The quantitative estimate of drug-likeness (QED) is 0.771. The molecule has 0 aromatic carbocycles. The van der Waals surface area contributed by atoms with Gasteiger partial charge in [-0.3, -0.25) is 0 Å². The van der Waals surface area contributed by atoms with Crippen LogP contribution >= 0.6 is 0 Å². The van der Waals surface area contributed by atoms with E-state index in [1.165, 1.54) is 11.2 Å². The van der Waals surface area contributed by atoms with E-state index in [0.717, 1.165) is 12.8 Å². The Balaban J connectivity index is 2.59. The Morgan fingerprint density at radius 3 is 2.60 bits per heavy atom. The minimum Gasteiger partial charge on any atom is -0.319 e. The molecular formula is C11H22F3N3O2S. The van der Waals surface area contributed by atoms with Gasteiger partial charge in [0.15, 0.2) is 0 Å². The van der Waals surface area contributed by atoms with Crippen LogP contribution in [0.25, 0.3) is 0 Å². The van der Waals surface area contributed by atoms with E-state index in [0.29, 0.717) is 19.6 Å². The first-order valence-corrected chi connectivity index (χ1v) is 8.07. The van der Waals surface area contributed by atoms with Crippen molar-refractivity contribution < 1.29 is 21.6 Å². The third kappa shape index (κ3) is 5.94. The van der Waals surface area contributed by atoms with E-state index in [4.69, 9.17) is 0 Å². The normalized spacial score (nSPS) is 23.8. The highest BCUT2D eigenvalue weighted by Gasteiger charge is 2.34. The van der Waals surface area contributed by atoms with Crippen LogP contribution in [0.3, 0.4) is 0 Å². The van der Waals surface area contributed by atoms with Crippen molar-refractivity contribution in [2.24, 2.45) is 5.92 Å². The highest BCUT2D eigenvalue weighted by atomic mass is 32.2. The molecule has 2 atom stereocenters. The summed E-state index contributed by atoms with van der Waals surface area (Å²) in [5.41, 5.74) is 0. The van der Waals surface area contributed by atoms with Crippen molar-refractivity contribution in [3.05, 3.63) is 0 Å². The maximum atomic E-state index is 12.2. The van der Waals surface area contributed by atoms with Crippen LogP contribution in [0.1, 0.15) is 26.2 Å². The largest absolute Gasteiger partial charge is 0.390 e. The van der Waals surface area contributed by atoms with Crippen molar-refractivity contribution >= 4 is 10.2 Å². The minimum atomic E-state index is -4.38. The number of halogens is 3. The number of alkyl halides is 3.